The summed E-state index contributed by atoms with van der Waals surface area (Å²) in [4.78, 5) is 16.9. The topological polar surface area (TPSA) is 98.2 Å². The molecule has 0 saturated heterocycles. The van der Waals surface area contributed by atoms with Crippen molar-refractivity contribution in [3.63, 3.8) is 0 Å². The number of sulfone groups is 2. The van der Waals surface area contributed by atoms with Gasteiger partial charge in [0.05, 0.1) is 25.6 Å². The van der Waals surface area contributed by atoms with Crippen molar-refractivity contribution >= 4 is 48.7 Å². The molecule has 0 N–H and O–H groups in total. The van der Waals surface area contributed by atoms with Gasteiger partial charge in [-0.3, -0.25) is 9.78 Å². The van der Waals surface area contributed by atoms with E-state index in [0.717, 1.165) is 6.26 Å². The highest BCUT2D eigenvalue weighted by Gasteiger charge is 2.16. The molecule has 1 heterocycles. The molecular formula is C23H21Cl2NO5S2. The highest BCUT2D eigenvalue weighted by molar-refractivity contribution is 7.91. The van der Waals surface area contributed by atoms with Crippen LogP contribution in [-0.4, -0.2) is 39.6 Å². The second-order valence-electron chi connectivity index (χ2n) is 7.51. The first kappa shape index (κ1) is 25.4. The molecule has 0 aliphatic carbocycles. The molecule has 0 bridgehead atoms. The summed E-state index contributed by atoms with van der Waals surface area (Å²) in [5.74, 6) is -0.128. The Kier molecular flexibility index (Phi) is 7.63. The Labute approximate surface area is 203 Å². The fourth-order valence-electron chi connectivity index (χ4n) is 3.23. The van der Waals surface area contributed by atoms with Crippen molar-refractivity contribution in [2.24, 2.45) is 0 Å². The van der Waals surface area contributed by atoms with Crippen LogP contribution in [0.1, 0.15) is 18.2 Å². The van der Waals surface area contributed by atoms with Gasteiger partial charge in [0.2, 0.25) is 0 Å². The van der Waals surface area contributed by atoms with Crippen LogP contribution in [0.5, 0.6) is 0 Å². The van der Waals surface area contributed by atoms with Gasteiger partial charge in [0.15, 0.2) is 19.7 Å². The molecule has 0 radical (unpaired) electrons. The highest BCUT2D eigenvalue weighted by atomic mass is 35.5. The van der Waals surface area contributed by atoms with E-state index in [0.29, 0.717) is 32.4 Å². The van der Waals surface area contributed by atoms with Crippen LogP contribution in [0.25, 0.3) is 11.1 Å². The summed E-state index contributed by atoms with van der Waals surface area (Å²) in [6.45, 7) is 1.58. The van der Waals surface area contributed by atoms with Crippen LogP contribution in [0.3, 0.4) is 0 Å². The van der Waals surface area contributed by atoms with Gasteiger partial charge < -0.3 is 0 Å². The number of aromatic nitrogens is 1. The molecular weight excluding hydrogens is 505 g/mol. The fraction of sp³-hybridized carbons (Fsp3) is 0.217. The molecule has 0 unspecified atom stereocenters. The van der Waals surface area contributed by atoms with E-state index in [1.165, 1.54) is 30.5 Å². The minimum absolute atomic E-state index is 0.00789. The summed E-state index contributed by atoms with van der Waals surface area (Å²) in [5, 5.41) is 0.680. The number of Topliss-reactive ketones (excluding diaryl/α,β-unsaturated/α-hetero) is 1. The maximum atomic E-state index is 12.5. The van der Waals surface area contributed by atoms with Crippen molar-refractivity contribution in [3.05, 3.63) is 76.0 Å². The molecule has 6 nitrogen and oxygen atoms in total. The summed E-state index contributed by atoms with van der Waals surface area (Å²) in [7, 11) is -6.66. The molecule has 0 fully saturated rings. The second kappa shape index (κ2) is 9.93. The summed E-state index contributed by atoms with van der Waals surface area (Å²) in [5.41, 5.74) is 2.29. The van der Waals surface area contributed by atoms with Crippen molar-refractivity contribution in [1.29, 1.82) is 0 Å². The van der Waals surface area contributed by atoms with Gasteiger partial charge >= 0.3 is 0 Å². The van der Waals surface area contributed by atoms with E-state index in [2.05, 4.69) is 4.98 Å². The zero-order chi connectivity index (χ0) is 24.4. The van der Waals surface area contributed by atoms with Crippen molar-refractivity contribution in [1.82, 2.24) is 4.98 Å². The van der Waals surface area contributed by atoms with Crippen LogP contribution in [0.15, 0.2) is 64.5 Å². The third-order valence-electron chi connectivity index (χ3n) is 4.99. The first-order valence-corrected chi connectivity index (χ1v) is 14.2. The average molecular weight is 526 g/mol. The third kappa shape index (κ3) is 6.20. The Hall–Kier alpha value is -2.26. The number of carbonyl (C=O) groups excluding carboxylic acids is 1. The van der Waals surface area contributed by atoms with Gasteiger partial charge in [0.1, 0.15) is 5.78 Å². The second-order valence-corrected chi connectivity index (χ2v) is 12.6. The van der Waals surface area contributed by atoms with Crippen LogP contribution in [-0.2, 0) is 37.3 Å². The SMILES string of the molecule is CCS(=O)(=O)c1ccc(-c2c(Cl)cc(CC(=O)Cc3ccc(S(C)(=O)=O)cn3)cc2Cl)cc1. The van der Waals surface area contributed by atoms with E-state index < -0.39 is 19.7 Å². The van der Waals surface area contributed by atoms with Crippen molar-refractivity contribution in [3.8, 4) is 11.1 Å². The van der Waals surface area contributed by atoms with Gasteiger partial charge in [-0.1, -0.05) is 42.3 Å². The number of halogens is 2. The molecule has 0 amide bonds. The Morgan fingerprint density at radius 1 is 0.879 bits per heavy atom. The molecule has 0 atom stereocenters. The predicted octanol–water partition coefficient (Wildman–Crippen LogP) is 4.61. The van der Waals surface area contributed by atoms with Gasteiger partial charge in [0, 0.05) is 36.6 Å². The number of pyridine rings is 1. The highest BCUT2D eigenvalue weighted by Crippen LogP contribution is 2.36. The smallest absolute Gasteiger partial charge is 0.178 e. The zero-order valence-electron chi connectivity index (χ0n) is 17.9. The number of benzene rings is 2. The average Bonchev–Trinajstić information content (AvgIpc) is 2.73. The maximum absolute atomic E-state index is 12.5. The third-order valence-corrected chi connectivity index (χ3v) is 8.43. The number of hydrogen-bond donors (Lipinski definition) is 0. The van der Waals surface area contributed by atoms with E-state index in [9.17, 15) is 21.6 Å². The van der Waals surface area contributed by atoms with Gasteiger partial charge in [0.25, 0.3) is 0 Å². The molecule has 1 aromatic heterocycles. The predicted molar refractivity (Wildman–Crippen MR) is 129 cm³/mol. The van der Waals surface area contributed by atoms with Gasteiger partial charge in [-0.15, -0.1) is 0 Å². The molecule has 33 heavy (non-hydrogen) atoms. The lowest BCUT2D eigenvalue weighted by molar-refractivity contribution is -0.117. The van der Waals surface area contributed by atoms with Crippen molar-refractivity contribution in [2.75, 3.05) is 12.0 Å². The van der Waals surface area contributed by atoms with Crippen molar-refractivity contribution < 1.29 is 21.6 Å². The van der Waals surface area contributed by atoms with Crippen LogP contribution in [0, 0.1) is 0 Å². The molecule has 10 heteroatoms. The number of ketones is 1. The summed E-state index contributed by atoms with van der Waals surface area (Å²) < 4.78 is 47.0. The summed E-state index contributed by atoms with van der Waals surface area (Å²) >= 11 is 12.9. The van der Waals surface area contributed by atoms with E-state index in [1.807, 2.05) is 0 Å². The Balaban J connectivity index is 1.77. The standard InChI is InChI=1S/C23H21Cl2NO5S2/c1-3-33(30,31)19-7-4-16(5-8-19)23-21(24)11-15(12-22(23)25)10-18(27)13-17-6-9-20(14-26-17)32(2,28)29/h4-9,11-12,14H,3,10,13H2,1-2H3. The van der Waals surface area contributed by atoms with Crippen LogP contribution >= 0.6 is 23.2 Å². The number of hydrogen-bond acceptors (Lipinski definition) is 6. The molecule has 0 aliphatic heterocycles. The molecule has 3 rings (SSSR count). The van der Waals surface area contributed by atoms with Crippen LogP contribution in [0.2, 0.25) is 10.0 Å². The fourth-order valence-corrected chi connectivity index (χ4v) is 5.42. The Morgan fingerprint density at radius 3 is 1.94 bits per heavy atom. The van der Waals surface area contributed by atoms with Crippen LogP contribution in [0.4, 0.5) is 0 Å². The van der Waals surface area contributed by atoms with E-state index in [1.54, 1.807) is 31.2 Å². The van der Waals surface area contributed by atoms with E-state index >= 15 is 0 Å². The molecule has 0 spiro atoms. The maximum Gasteiger partial charge on any atom is 0.178 e. The van der Waals surface area contributed by atoms with Gasteiger partial charge in [-0.25, -0.2) is 16.8 Å². The molecule has 0 aliphatic rings. The first-order chi connectivity index (χ1) is 15.4. The van der Waals surface area contributed by atoms with Gasteiger partial charge in [-0.05, 0) is 47.5 Å². The quantitative estimate of drug-likeness (QED) is 0.425. The molecule has 3 aromatic rings. The zero-order valence-corrected chi connectivity index (χ0v) is 21.0. The number of carbonyl (C=O) groups is 1. The van der Waals surface area contributed by atoms with E-state index in [4.69, 9.17) is 23.2 Å². The summed E-state index contributed by atoms with van der Waals surface area (Å²) in [6, 6.07) is 12.6. The van der Waals surface area contributed by atoms with E-state index in [-0.39, 0.29) is 34.2 Å². The lowest BCUT2D eigenvalue weighted by atomic mass is 10.0. The summed E-state index contributed by atoms with van der Waals surface area (Å²) in [6.07, 6.45) is 2.43. The van der Waals surface area contributed by atoms with Crippen molar-refractivity contribution in [2.45, 2.75) is 29.6 Å². The van der Waals surface area contributed by atoms with Gasteiger partial charge in [-0.2, -0.15) is 0 Å². The minimum atomic E-state index is -3.35. The Morgan fingerprint density at radius 2 is 1.45 bits per heavy atom. The molecule has 2 aromatic carbocycles. The monoisotopic (exact) mass is 525 g/mol. The Bertz CT molecular complexity index is 1380. The van der Waals surface area contributed by atoms with Crippen LogP contribution < -0.4 is 0 Å². The lowest BCUT2D eigenvalue weighted by Gasteiger charge is -2.11. The largest absolute Gasteiger partial charge is 0.299 e. The number of nitrogens with zero attached hydrogens (tertiary/aromatic N) is 1. The lowest BCUT2D eigenvalue weighted by Crippen LogP contribution is -2.08. The minimum Gasteiger partial charge on any atom is -0.299 e. The normalized spacial score (nSPS) is 12.0. The number of rotatable bonds is 8. The molecule has 0 saturated carbocycles. The first-order valence-electron chi connectivity index (χ1n) is 9.88. The molecule has 174 valence electrons.